The first-order valence-corrected chi connectivity index (χ1v) is 14.5. The summed E-state index contributed by atoms with van der Waals surface area (Å²) >= 11 is 0. The van der Waals surface area contributed by atoms with Crippen molar-refractivity contribution in [2.24, 2.45) is 5.41 Å². The van der Waals surface area contributed by atoms with Crippen LogP contribution in [0.2, 0.25) is 0 Å². The topological polar surface area (TPSA) is 138 Å². The quantitative estimate of drug-likeness (QED) is 0.500. The maximum absolute atomic E-state index is 13.7. The minimum Gasteiger partial charge on any atom is -0.480 e. The number of nitrogens with one attached hydrogen (secondary N) is 2. The Morgan fingerprint density at radius 2 is 1.69 bits per heavy atom. The molecular weight excluding hydrogens is 540 g/mol. The van der Waals surface area contributed by atoms with Crippen LogP contribution < -0.4 is 15.4 Å². The second-order valence-corrected chi connectivity index (χ2v) is 11.3. The zero-order chi connectivity index (χ0) is 29.5. The zero-order valence-corrected chi connectivity index (χ0v) is 23.7. The molecule has 11 nitrogen and oxygen atoms in total. The van der Waals surface area contributed by atoms with E-state index in [2.05, 4.69) is 15.5 Å². The van der Waals surface area contributed by atoms with E-state index in [1.54, 1.807) is 24.3 Å². The van der Waals surface area contributed by atoms with Crippen LogP contribution in [-0.4, -0.2) is 97.1 Å². The van der Waals surface area contributed by atoms with E-state index < -0.39 is 23.3 Å². The first kappa shape index (κ1) is 29.5. The highest BCUT2D eigenvalue weighted by Crippen LogP contribution is 2.37. The highest BCUT2D eigenvalue weighted by molar-refractivity contribution is 5.86. The monoisotopic (exact) mass is 578 g/mol. The second-order valence-electron chi connectivity index (χ2n) is 11.3. The first-order chi connectivity index (χ1) is 20.3. The molecule has 4 bridgehead atoms. The van der Waals surface area contributed by atoms with Crippen molar-refractivity contribution < 1.29 is 33.8 Å². The SMILES string of the molecule is O=C1CCNC(=O)C2(CCN(C(=O)CN3CCOCC3)CC2)Cc2cccc(c2)Oc2ccc(cc2)C[C@@H](C(=O)O)N1. The number of benzene rings is 2. The average Bonchev–Trinajstić information content (AvgIpc) is 2.98. The fraction of sp³-hybridized carbons (Fsp3) is 0.484. The summed E-state index contributed by atoms with van der Waals surface area (Å²) in [6.45, 7) is 4.05. The lowest BCUT2D eigenvalue weighted by Crippen LogP contribution is -2.53. The molecule has 2 aromatic rings. The molecule has 4 aliphatic heterocycles. The van der Waals surface area contributed by atoms with Gasteiger partial charge in [-0.2, -0.15) is 0 Å². The standard InChI is InChI=1S/C31H38N4O7/c36-27-8-11-32-30(40)31(9-12-35(13-10-31)28(37)21-34-14-16-41-17-15-34)20-23-2-1-3-25(18-23)42-24-6-4-22(5-7-24)19-26(33-27)29(38)39/h1-7,18,26H,8-17,19-21H2,(H,32,40)(H,33,36)(H,38,39)/t26-/m0/s1. The van der Waals surface area contributed by atoms with Crippen LogP contribution in [0.4, 0.5) is 0 Å². The molecule has 0 aromatic heterocycles. The lowest BCUT2D eigenvalue weighted by atomic mass is 9.72. The van der Waals surface area contributed by atoms with E-state index >= 15 is 0 Å². The number of carbonyl (C=O) groups excluding carboxylic acids is 3. The van der Waals surface area contributed by atoms with E-state index in [0.717, 1.165) is 24.2 Å². The summed E-state index contributed by atoms with van der Waals surface area (Å²) < 4.78 is 11.5. The van der Waals surface area contributed by atoms with E-state index in [1.165, 1.54) is 0 Å². The number of piperidine rings is 1. The molecule has 4 aliphatic rings. The van der Waals surface area contributed by atoms with Crippen LogP contribution in [0.5, 0.6) is 11.5 Å². The molecule has 0 unspecified atom stereocenters. The molecule has 0 aliphatic carbocycles. The largest absolute Gasteiger partial charge is 0.480 e. The number of aliphatic carboxylic acids is 1. The number of morpholine rings is 1. The van der Waals surface area contributed by atoms with E-state index in [4.69, 9.17) is 9.47 Å². The number of hydrogen-bond donors (Lipinski definition) is 3. The van der Waals surface area contributed by atoms with Crippen molar-refractivity contribution in [1.29, 1.82) is 0 Å². The molecule has 3 N–H and O–H groups in total. The van der Waals surface area contributed by atoms with Crippen LogP contribution in [-0.2, 0) is 36.8 Å². The highest BCUT2D eigenvalue weighted by Gasteiger charge is 2.42. The normalized spacial score (nSPS) is 21.9. The Bertz CT molecular complexity index is 1280. The van der Waals surface area contributed by atoms with E-state index in [0.29, 0.717) is 63.6 Å². The molecule has 1 atom stereocenters. The molecule has 0 saturated carbocycles. The number of carboxylic acid groups (broad SMARTS) is 1. The fourth-order valence-electron chi connectivity index (χ4n) is 5.84. The van der Waals surface area contributed by atoms with Gasteiger partial charge >= 0.3 is 5.97 Å². The Balaban J connectivity index is 1.35. The van der Waals surface area contributed by atoms with E-state index in [1.807, 2.05) is 29.2 Å². The molecule has 2 fully saturated rings. The van der Waals surface area contributed by atoms with Crippen LogP contribution in [0.3, 0.4) is 0 Å². The van der Waals surface area contributed by atoms with Crippen molar-refractivity contribution in [3.63, 3.8) is 0 Å². The smallest absolute Gasteiger partial charge is 0.326 e. The summed E-state index contributed by atoms with van der Waals surface area (Å²) in [7, 11) is 0. The van der Waals surface area contributed by atoms with Crippen molar-refractivity contribution in [2.75, 3.05) is 52.5 Å². The van der Waals surface area contributed by atoms with Crippen LogP contribution in [0.15, 0.2) is 48.5 Å². The molecular formula is C31H38N4O7. The van der Waals surface area contributed by atoms with Crippen molar-refractivity contribution in [3.05, 3.63) is 59.7 Å². The molecule has 3 amide bonds. The van der Waals surface area contributed by atoms with Gasteiger partial charge in [-0.3, -0.25) is 19.3 Å². The summed E-state index contributed by atoms with van der Waals surface area (Å²) in [6, 6.07) is 13.7. The van der Waals surface area contributed by atoms with Gasteiger partial charge in [0.15, 0.2) is 0 Å². The molecule has 2 saturated heterocycles. The molecule has 224 valence electrons. The molecule has 1 spiro atoms. The Hall–Kier alpha value is -3.96. The second kappa shape index (κ2) is 13.3. The predicted octanol–water partition coefficient (Wildman–Crippen LogP) is 1.59. The van der Waals surface area contributed by atoms with Gasteiger partial charge in [0.25, 0.3) is 0 Å². The maximum atomic E-state index is 13.7. The summed E-state index contributed by atoms with van der Waals surface area (Å²) in [6.07, 6.45) is 1.49. The van der Waals surface area contributed by atoms with Gasteiger partial charge in [0.2, 0.25) is 17.7 Å². The Kier molecular flexibility index (Phi) is 9.38. The predicted molar refractivity (Wildman–Crippen MR) is 153 cm³/mol. The Morgan fingerprint density at radius 3 is 2.40 bits per heavy atom. The highest BCUT2D eigenvalue weighted by atomic mass is 16.5. The van der Waals surface area contributed by atoms with Gasteiger partial charge in [0.1, 0.15) is 17.5 Å². The third-order valence-electron chi connectivity index (χ3n) is 8.33. The lowest BCUT2D eigenvalue weighted by molar-refractivity contribution is -0.142. The summed E-state index contributed by atoms with van der Waals surface area (Å²) in [5.41, 5.74) is 0.909. The van der Waals surface area contributed by atoms with Crippen LogP contribution in [0, 0.1) is 5.41 Å². The number of carbonyl (C=O) groups is 4. The van der Waals surface area contributed by atoms with Gasteiger partial charge in [-0.15, -0.1) is 0 Å². The lowest BCUT2D eigenvalue weighted by Gasteiger charge is -2.41. The number of nitrogens with zero attached hydrogens (tertiary/aromatic N) is 2. The van der Waals surface area contributed by atoms with Gasteiger partial charge in [-0.25, -0.2) is 4.79 Å². The molecule has 42 heavy (non-hydrogen) atoms. The number of carboxylic acids is 1. The van der Waals surface area contributed by atoms with E-state index in [-0.39, 0.29) is 31.2 Å². The van der Waals surface area contributed by atoms with Crippen molar-refractivity contribution in [1.82, 2.24) is 20.4 Å². The Labute approximate surface area is 245 Å². The third-order valence-corrected chi connectivity index (χ3v) is 8.33. The molecule has 2 aromatic carbocycles. The zero-order valence-electron chi connectivity index (χ0n) is 23.7. The summed E-state index contributed by atoms with van der Waals surface area (Å²) in [5, 5.41) is 15.2. The van der Waals surface area contributed by atoms with Crippen LogP contribution in [0.1, 0.15) is 30.4 Å². The van der Waals surface area contributed by atoms with Crippen molar-refractivity contribution in [2.45, 2.75) is 38.1 Å². The number of rotatable bonds is 3. The van der Waals surface area contributed by atoms with E-state index in [9.17, 15) is 24.3 Å². The number of ether oxygens (including phenoxy) is 2. The molecule has 4 heterocycles. The van der Waals surface area contributed by atoms with Gasteiger partial charge in [0.05, 0.1) is 25.2 Å². The number of amides is 3. The van der Waals surface area contributed by atoms with Gasteiger partial charge in [-0.1, -0.05) is 24.3 Å². The number of likely N-dealkylation sites (tertiary alicyclic amines) is 1. The number of hydrogen-bond acceptors (Lipinski definition) is 7. The minimum atomic E-state index is -1.13. The summed E-state index contributed by atoms with van der Waals surface area (Å²) in [5.74, 6) is -0.480. The first-order valence-electron chi connectivity index (χ1n) is 14.5. The van der Waals surface area contributed by atoms with Crippen molar-refractivity contribution >= 4 is 23.7 Å². The van der Waals surface area contributed by atoms with Crippen LogP contribution in [0.25, 0.3) is 0 Å². The van der Waals surface area contributed by atoms with Crippen LogP contribution >= 0.6 is 0 Å². The maximum Gasteiger partial charge on any atom is 0.326 e. The fourth-order valence-corrected chi connectivity index (χ4v) is 5.84. The van der Waals surface area contributed by atoms with Crippen molar-refractivity contribution in [3.8, 4) is 11.5 Å². The minimum absolute atomic E-state index is 0.0436. The molecule has 6 rings (SSSR count). The van der Waals surface area contributed by atoms with Gasteiger partial charge in [-0.05, 0) is 54.7 Å². The summed E-state index contributed by atoms with van der Waals surface area (Å²) in [4.78, 5) is 55.2. The molecule has 0 radical (unpaired) electrons. The number of fused-ring (bicyclic) bond motifs is 9. The van der Waals surface area contributed by atoms with Gasteiger partial charge in [0, 0.05) is 45.6 Å². The Morgan fingerprint density at radius 1 is 0.952 bits per heavy atom. The van der Waals surface area contributed by atoms with Gasteiger partial charge < -0.3 is 30.1 Å². The third kappa shape index (κ3) is 7.46. The molecule has 11 heteroatoms. The average molecular weight is 579 g/mol.